The van der Waals surface area contributed by atoms with Crippen LogP contribution in [-0.4, -0.2) is 31.7 Å². The Bertz CT molecular complexity index is 1050. The molecule has 4 nitrogen and oxygen atoms in total. The standard InChI is InChI=1S/C22H24N2O2S2/c1-16-3-7-18(8-4-16)21-15-27-22(23-21)24-13-11-20(12-14-24)28(25,26)19-9-5-17(2)6-10-19/h3-10,15,20H,11-14H2,1-2H3. The molecule has 3 aromatic rings. The lowest BCUT2D eigenvalue weighted by Gasteiger charge is -2.31. The first-order chi connectivity index (χ1) is 13.4. The molecule has 1 fully saturated rings. The zero-order chi connectivity index (χ0) is 19.7. The topological polar surface area (TPSA) is 50.3 Å². The van der Waals surface area contributed by atoms with Crippen molar-refractivity contribution in [2.75, 3.05) is 18.0 Å². The monoisotopic (exact) mass is 412 g/mol. The third-order valence-corrected chi connectivity index (χ3v) is 8.52. The van der Waals surface area contributed by atoms with E-state index < -0.39 is 9.84 Å². The molecular weight excluding hydrogens is 388 g/mol. The molecule has 4 rings (SSSR count). The van der Waals surface area contributed by atoms with Crippen molar-refractivity contribution in [1.29, 1.82) is 0 Å². The summed E-state index contributed by atoms with van der Waals surface area (Å²) in [4.78, 5) is 7.43. The van der Waals surface area contributed by atoms with Gasteiger partial charge in [0.25, 0.3) is 0 Å². The van der Waals surface area contributed by atoms with E-state index >= 15 is 0 Å². The first-order valence-electron chi connectivity index (χ1n) is 9.51. The zero-order valence-corrected chi connectivity index (χ0v) is 17.8. The van der Waals surface area contributed by atoms with Crippen LogP contribution in [-0.2, 0) is 9.84 Å². The van der Waals surface area contributed by atoms with Crippen LogP contribution in [0, 0.1) is 13.8 Å². The highest BCUT2D eigenvalue weighted by molar-refractivity contribution is 7.92. The molecular formula is C22H24N2O2S2. The molecule has 0 saturated carbocycles. The SMILES string of the molecule is Cc1ccc(-c2csc(N3CCC(S(=O)(=O)c4ccc(C)cc4)CC3)n2)cc1. The van der Waals surface area contributed by atoms with E-state index in [0.29, 0.717) is 17.7 Å². The van der Waals surface area contributed by atoms with Crippen molar-refractivity contribution in [1.82, 2.24) is 4.98 Å². The summed E-state index contributed by atoms with van der Waals surface area (Å²) in [5, 5.41) is 2.74. The van der Waals surface area contributed by atoms with Crippen molar-refractivity contribution in [3.63, 3.8) is 0 Å². The minimum Gasteiger partial charge on any atom is -0.348 e. The Labute approximate surface area is 170 Å². The third kappa shape index (κ3) is 3.84. The smallest absolute Gasteiger partial charge is 0.185 e. The normalized spacial score (nSPS) is 15.7. The van der Waals surface area contributed by atoms with E-state index in [9.17, 15) is 8.42 Å². The number of thiazole rings is 1. The van der Waals surface area contributed by atoms with Crippen LogP contribution >= 0.6 is 11.3 Å². The van der Waals surface area contributed by atoms with Crippen LogP contribution < -0.4 is 4.90 Å². The Morgan fingerprint density at radius 2 is 1.50 bits per heavy atom. The number of hydrogen-bond donors (Lipinski definition) is 0. The summed E-state index contributed by atoms with van der Waals surface area (Å²) in [6, 6.07) is 15.6. The van der Waals surface area contributed by atoms with Gasteiger partial charge in [0.2, 0.25) is 0 Å². The molecule has 0 N–H and O–H groups in total. The highest BCUT2D eigenvalue weighted by Crippen LogP contribution is 2.31. The number of aromatic nitrogens is 1. The summed E-state index contributed by atoms with van der Waals surface area (Å²) < 4.78 is 25.9. The summed E-state index contributed by atoms with van der Waals surface area (Å²) in [6.07, 6.45) is 1.27. The second-order valence-corrected chi connectivity index (χ2v) is 10.5. The molecule has 1 aliphatic heterocycles. The van der Waals surface area contributed by atoms with Gasteiger partial charge >= 0.3 is 0 Å². The van der Waals surface area contributed by atoms with Crippen LogP contribution in [0.1, 0.15) is 24.0 Å². The van der Waals surface area contributed by atoms with E-state index in [-0.39, 0.29) is 5.25 Å². The first kappa shape index (κ1) is 19.2. The summed E-state index contributed by atoms with van der Waals surface area (Å²) >= 11 is 1.63. The molecule has 0 unspecified atom stereocenters. The molecule has 1 aliphatic rings. The minimum absolute atomic E-state index is 0.317. The van der Waals surface area contributed by atoms with Crippen molar-refractivity contribution in [2.45, 2.75) is 36.8 Å². The number of sulfone groups is 1. The van der Waals surface area contributed by atoms with Crippen molar-refractivity contribution in [3.05, 3.63) is 65.0 Å². The molecule has 28 heavy (non-hydrogen) atoms. The van der Waals surface area contributed by atoms with E-state index in [1.54, 1.807) is 23.5 Å². The summed E-state index contributed by atoms with van der Waals surface area (Å²) in [5.74, 6) is 0. The van der Waals surface area contributed by atoms with Gasteiger partial charge in [-0.2, -0.15) is 0 Å². The fourth-order valence-electron chi connectivity index (χ4n) is 3.54. The molecule has 0 amide bonds. The highest BCUT2D eigenvalue weighted by atomic mass is 32.2. The van der Waals surface area contributed by atoms with E-state index in [4.69, 9.17) is 4.98 Å². The van der Waals surface area contributed by atoms with Crippen molar-refractivity contribution >= 4 is 26.3 Å². The Balaban J connectivity index is 1.44. The van der Waals surface area contributed by atoms with Crippen LogP contribution in [0.25, 0.3) is 11.3 Å². The fraction of sp³-hybridized carbons (Fsp3) is 0.318. The van der Waals surface area contributed by atoms with Gasteiger partial charge in [-0.3, -0.25) is 0 Å². The number of benzene rings is 2. The average Bonchev–Trinajstić information content (AvgIpc) is 3.19. The minimum atomic E-state index is -3.27. The zero-order valence-electron chi connectivity index (χ0n) is 16.1. The number of rotatable bonds is 4. The van der Waals surface area contributed by atoms with E-state index in [2.05, 4.69) is 41.5 Å². The lowest BCUT2D eigenvalue weighted by atomic mass is 10.1. The quantitative estimate of drug-likeness (QED) is 0.613. The van der Waals surface area contributed by atoms with Crippen LogP contribution in [0.15, 0.2) is 58.8 Å². The Hall–Kier alpha value is -2.18. The lowest BCUT2D eigenvalue weighted by molar-refractivity contribution is 0.529. The van der Waals surface area contributed by atoms with Gasteiger partial charge < -0.3 is 4.90 Å². The Morgan fingerprint density at radius 3 is 2.11 bits per heavy atom. The maximum Gasteiger partial charge on any atom is 0.185 e. The predicted molar refractivity (Wildman–Crippen MR) is 116 cm³/mol. The number of piperidine rings is 1. The number of hydrogen-bond acceptors (Lipinski definition) is 5. The van der Waals surface area contributed by atoms with Crippen molar-refractivity contribution in [2.24, 2.45) is 0 Å². The molecule has 0 atom stereocenters. The first-order valence-corrected chi connectivity index (χ1v) is 11.9. The summed E-state index contributed by atoms with van der Waals surface area (Å²) in [5.41, 5.74) is 4.40. The predicted octanol–water partition coefficient (Wildman–Crippen LogP) is 4.87. The molecule has 0 aliphatic carbocycles. The summed E-state index contributed by atoms with van der Waals surface area (Å²) in [6.45, 7) is 5.48. The van der Waals surface area contributed by atoms with Gasteiger partial charge in [0, 0.05) is 24.0 Å². The molecule has 2 heterocycles. The van der Waals surface area contributed by atoms with Gasteiger partial charge in [0.1, 0.15) is 0 Å². The molecule has 0 radical (unpaired) electrons. The largest absolute Gasteiger partial charge is 0.348 e. The van der Waals surface area contributed by atoms with Gasteiger partial charge in [-0.05, 0) is 38.8 Å². The van der Waals surface area contributed by atoms with Crippen LogP contribution in [0.5, 0.6) is 0 Å². The number of nitrogens with zero attached hydrogens (tertiary/aromatic N) is 2. The van der Waals surface area contributed by atoms with E-state index in [1.807, 2.05) is 19.1 Å². The lowest BCUT2D eigenvalue weighted by Crippen LogP contribution is -2.39. The number of aryl methyl sites for hydroxylation is 2. The average molecular weight is 413 g/mol. The van der Waals surface area contributed by atoms with Gasteiger partial charge in [0.15, 0.2) is 15.0 Å². The van der Waals surface area contributed by atoms with E-state index in [1.165, 1.54) is 5.56 Å². The fourth-order valence-corrected chi connectivity index (χ4v) is 6.16. The second-order valence-electron chi connectivity index (χ2n) is 7.43. The Morgan fingerprint density at radius 1 is 0.929 bits per heavy atom. The summed E-state index contributed by atoms with van der Waals surface area (Å²) in [7, 11) is -3.27. The van der Waals surface area contributed by atoms with Gasteiger partial charge in [-0.15, -0.1) is 11.3 Å². The third-order valence-electron chi connectivity index (χ3n) is 5.34. The molecule has 0 spiro atoms. The van der Waals surface area contributed by atoms with Gasteiger partial charge in [-0.25, -0.2) is 13.4 Å². The highest BCUT2D eigenvalue weighted by Gasteiger charge is 2.32. The van der Waals surface area contributed by atoms with Gasteiger partial charge in [0.05, 0.1) is 15.8 Å². The molecule has 1 aromatic heterocycles. The maximum absolute atomic E-state index is 12.9. The van der Waals surface area contributed by atoms with Crippen molar-refractivity contribution in [3.8, 4) is 11.3 Å². The van der Waals surface area contributed by atoms with Gasteiger partial charge in [-0.1, -0.05) is 47.5 Å². The molecule has 146 valence electrons. The van der Waals surface area contributed by atoms with Crippen molar-refractivity contribution < 1.29 is 8.42 Å². The van der Waals surface area contributed by atoms with Crippen LogP contribution in [0.3, 0.4) is 0 Å². The molecule has 0 bridgehead atoms. The van der Waals surface area contributed by atoms with Crippen LogP contribution in [0.4, 0.5) is 5.13 Å². The second kappa shape index (κ2) is 7.68. The maximum atomic E-state index is 12.9. The van der Waals surface area contributed by atoms with E-state index in [0.717, 1.165) is 35.0 Å². The molecule has 2 aromatic carbocycles. The Kier molecular flexibility index (Phi) is 5.25. The molecule has 1 saturated heterocycles. The van der Waals surface area contributed by atoms with Crippen LogP contribution in [0.2, 0.25) is 0 Å². The number of anilines is 1. The molecule has 6 heteroatoms.